The number of benzene rings is 3. The minimum absolute atomic E-state index is 0.0716. The number of hydrogen-bond donors (Lipinski definition) is 4. The molecule has 2 aromatic heterocycles. The highest BCUT2D eigenvalue weighted by Gasteiger charge is 2.42. The number of aldehydes is 1. The van der Waals surface area contributed by atoms with Crippen molar-refractivity contribution in [2.45, 2.75) is 102 Å². The lowest BCUT2D eigenvalue weighted by Crippen LogP contribution is -2.55. The Morgan fingerprint density at radius 2 is 1.65 bits per heavy atom. The minimum atomic E-state index is -0.927. The normalized spacial score (nSPS) is 21.7. The van der Waals surface area contributed by atoms with E-state index in [4.69, 9.17) is 33.7 Å². The van der Waals surface area contributed by atoms with E-state index in [2.05, 4.69) is 74.9 Å². The van der Waals surface area contributed by atoms with Crippen LogP contribution in [0.3, 0.4) is 0 Å². The number of carbonyl (C=O) groups is 4. The second-order valence-electron chi connectivity index (χ2n) is 16.5. The van der Waals surface area contributed by atoms with Crippen molar-refractivity contribution in [3.63, 3.8) is 0 Å². The van der Waals surface area contributed by atoms with E-state index in [1.165, 1.54) is 28.4 Å². The maximum Gasteiger partial charge on any atom is 0.407 e. The molecule has 0 bridgehead atoms. The number of likely N-dealkylation sites (tertiary alicyclic amines) is 2. The summed E-state index contributed by atoms with van der Waals surface area (Å²) in [6.45, 7) is 6.61. The smallest absolute Gasteiger partial charge is 0.407 e. The molecule has 0 radical (unpaired) electrons. The molecule has 4 N–H and O–H groups in total. The Balaban J connectivity index is 1.04. The molecule has 3 aliphatic heterocycles. The molecule has 0 unspecified atom stereocenters. The molecule has 0 aliphatic carbocycles. The van der Waals surface area contributed by atoms with Gasteiger partial charge in [-0.15, -0.1) is 0 Å². The lowest BCUT2D eigenvalue weighted by molar-refractivity contribution is -0.139. The summed E-state index contributed by atoms with van der Waals surface area (Å²) >= 11 is 0. The molecule has 62 heavy (non-hydrogen) atoms. The fraction of sp³-hybridized carbons (Fsp3) is 0.467. The Kier molecular flexibility index (Phi) is 12.2. The summed E-state index contributed by atoms with van der Waals surface area (Å²) in [4.78, 5) is 71.2. The van der Waals surface area contributed by atoms with Gasteiger partial charge in [-0.25, -0.2) is 19.6 Å². The summed E-state index contributed by atoms with van der Waals surface area (Å²) in [5.41, 5.74) is 6.60. The predicted octanol–water partition coefficient (Wildman–Crippen LogP) is 5.94. The molecule has 328 valence electrons. The number of amides is 3. The molecule has 8 atom stereocenters. The predicted molar refractivity (Wildman–Crippen MR) is 229 cm³/mol. The highest BCUT2D eigenvalue weighted by Crippen LogP contribution is 2.44. The summed E-state index contributed by atoms with van der Waals surface area (Å²) in [6.07, 6.45) is 3.01. The maximum atomic E-state index is 13.9. The van der Waals surface area contributed by atoms with Crippen LogP contribution in [0.4, 0.5) is 9.59 Å². The molecule has 2 fully saturated rings. The summed E-state index contributed by atoms with van der Waals surface area (Å²) in [5.74, 6) is 2.00. The van der Waals surface area contributed by atoms with Gasteiger partial charge in [-0.2, -0.15) is 0 Å². The number of alkyl carbamates (subject to hydrolysis) is 2. The monoisotopic (exact) mass is 850 g/mol. The van der Waals surface area contributed by atoms with Crippen LogP contribution in [0.1, 0.15) is 75.8 Å². The summed E-state index contributed by atoms with van der Waals surface area (Å²) in [7, 11) is 5.50. The number of hydrogen-bond acceptors (Lipinski definition) is 12. The van der Waals surface area contributed by atoms with Crippen molar-refractivity contribution >= 4 is 46.2 Å². The van der Waals surface area contributed by atoms with Crippen LogP contribution in [0, 0.1) is 0 Å². The van der Waals surface area contributed by atoms with Crippen molar-refractivity contribution in [2.75, 3.05) is 35.0 Å². The van der Waals surface area contributed by atoms with Gasteiger partial charge in [0.25, 0.3) is 0 Å². The first-order valence-corrected chi connectivity index (χ1v) is 21.0. The highest BCUT2D eigenvalue weighted by atomic mass is 16.5. The van der Waals surface area contributed by atoms with E-state index in [1.54, 1.807) is 18.0 Å². The quantitative estimate of drug-likeness (QED) is 0.102. The van der Waals surface area contributed by atoms with E-state index in [0.717, 1.165) is 80.6 Å². The van der Waals surface area contributed by atoms with Gasteiger partial charge in [0.1, 0.15) is 36.2 Å². The van der Waals surface area contributed by atoms with E-state index < -0.39 is 36.5 Å². The molecule has 2 saturated heterocycles. The van der Waals surface area contributed by atoms with Crippen molar-refractivity contribution in [2.24, 2.45) is 0 Å². The zero-order valence-corrected chi connectivity index (χ0v) is 36.0. The van der Waals surface area contributed by atoms with E-state index >= 15 is 0 Å². The fourth-order valence-electron chi connectivity index (χ4n) is 9.39. The largest absolute Gasteiger partial charge is 0.488 e. The molecule has 3 aliphatic rings. The van der Waals surface area contributed by atoms with Gasteiger partial charge in [-0.1, -0.05) is 18.2 Å². The van der Waals surface area contributed by atoms with Gasteiger partial charge in [0.2, 0.25) is 5.91 Å². The van der Waals surface area contributed by atoms with E-state index in [0.29, 0.717) is 31.7 Å². The zero-order chi connectivity index (χ0) is 43.8. The van der Waals surface area contributed by atoms with Crippen molar-refractivity contribution < 1.29 is 42.9 Å². The average molecular weight is 851 g/mol. The number of aromatic amines is 2. The summed E-state index contributed by atoms with van der Waals surface area (Å²) in [5, 5.41) is 7.42. The number of H-pyrrole nitrogens is 2. The van der Waals surface area contributed by atoms with Crippen LogP contribution < -0.4 is 15.4 Å². The number of ether oxygens (including phenoxy) is 5. The van der Waals surface area contributed by atoms with Crippen molar-refractivity contribution in [3.05, 3.63) is 65.9 Å². The van der Waals surface area contributed by atoms with Gasteiger partial charge in [-0.3, -0.25) is 9.69 Å². The molecule has 17 nitrogen and oxygen atoms in total. The first-order valence-electron chi connectivity index (χ1n) is 21.0. The summed E-state index contributed by atoms with van der Waals surface area (Å²) < 4.78 is 26.9. The van der Waals surface area contributed by atoms with Crippen LogP contribution in [0.5, 0.6) is 5.75 Å². The highest BCUT2D eigenvalue weighted by molar-refractivity contribution is 6.07. The second-order valence-corrected chi connectivity index (χ2v) is 16.5. The topological polar surface area (TPSA) is 202 Å². The van der Waals surface area contributed by atoms with Crippen molar-refractivity contribution in [1.29, 1.82) is 0 Å². The van der Waals surface area contributed by atoms with E-state index in [-0.39, 0.29) is 30.1 Å². The number of rotatable bonds is 13. The van der Waals surface area contributed by atoms with Crippen LogP contribution in [-0.2, 0) is 35.1 Å². The Morgan fingerprint density at radius 3 is 2.39 bits per heavy atom. The molecule has 3 amide bonds. The molecule has 0 spiro atoms. The van der Waals surface area contributed by atoms with Gasteiger partial charge in [0.05, 0.1) is 61.4 Å². The first kappa shape index (κ1) is 42.6. The number of aromatic nitrogens is 4. The summed E-state index contributed by atoms with van der Waals surface area (Å²) in [6, 6.07) is 12.8. The Bertz CT molecular complexity index is 2490. The molecule has 17 heteroatoms. The second kappa shape index (κ2) is 17.7. The third-order valence-corrected chi connectivity index (χ3v) is 12.9. The molecule has 0 saturated carbocycles. The van der Waals surface area contributed by atoms with Crippen LogP contribution in [-0.4, -0.2) is 125 Å². The lowest BCUT2D eigenvalue weighted by atomic mass is 9.92. The standard InChI is InChI=1S/C45H54N8O9/c1-23-8-14-35(52(23)20-34(38(21-54)59-5)49-44(56)60-6)42-47-32-13-11-26-17-31-29-12-10-27(16-28(29)22-62-37(31)18-30(26)40(32)50-42)33-19-46-41(48-33)36-15-9-24(2)53(36)43(55)39(25(3)58-4)51-45(57)61-7/h10-13,16-19,21,23-25,34-36,38-39H,8-9,14-15,20,22H2,1-7H3,(H,46,48)(H,47,50)(H,49,56)(H,51,57)/t23-,24-,25+,34-,35-,36-,38-,39-/m0/s1. The maximum absolute atomic E-state index is 13.9. The van der Waals surface area contributed by atoms with Crippen LogP contribution in [0.15, 0.2) is 48.7 Å². The van der Waals surface area contributed by atoms with Crippen molar-refractivity contribution in [3.8, 4) is 28.1 Å². The van der Waals surface area contributed by atoms with Gasteiger partial charge < -0.3 is 54.0 Å². The third-order valence-electron chi connectivity index (χ3n) is 12.9. The molecule has 5 heterocycles. The number of methoxy groups -OCH3 is 4. The molecule has 3 aromatic carbocycles. The molecule has 5 aromatic rings. The number of nitrogens with one attached hydrogen (secondary N) is 4. The third kappa shape index (κ3) is 7.95. The zero-order valence-electron chi connectivity index (χ0n) is 36.0. The number of carbonyl (C=O) groups excluding carboxylic acids is 4. The van der Waals surface area contributed by atoms with Crippen LogP contribution >= 0.6 is 0 Å². The number of fused-ring (bicyclic) bond motifs is 6. The van der Waals surface area contributed by atoms with Crippen LogP contribution in [0.2, 0.25) is 0 Å². The Labute approximate surface area is 359 Å². The Hall–Kier alpha value is -6.04. The SMILES string of the molecule is COC(=O)N[C@@H](CN1[C@@H](C)CC[C@H]1c1nc2c(ccc3cc4c(cc32)OCc2cc(-c3cnc([C@@H]5CC[C@H](C)N5C(=O)[C@@H](NC(=O)OC)[C@@H](C)OC)[nH]3)ccc2-4)[nH]1)[C@H](C=O)OC. The van der Waals surface area contributed by atoms with E-state index in [1.807, 2.05) is 6.92 Å². The van der Waals surface area contributed by atoms with Gasteiger partial charge in [0, 0.05) is 43.8 Å². The molecule has 8 rings (SSSR count). The Morgan fingerprint density at radius 1 is 0.887 bits per heavy atom. The lowest BCUT2D eigenvalue weighted by Gasteiger charge is -2.33. The minimum Gasteiger partial charge on any atom is -0.488 e. The number of imidazole rings is 2. The number of nitrogens with zero attached hydrogens (tertiary/aromatic N) is 4. The van der Waals surface area contributed by atoms with Gasteiger partial charge in [-0.05, 0) is 92.8 Å². The van der Waals surface area contributed by atoms with Gasteiger partial charge >= 0.3 is 12.2 Å². The van der Waals surface area contributed by atoms with E-state index in [9.17, 15) is 19.2 Å². The average Bonchev–Trinajstić information content (AvgIpc) is 4.11. The fourth-order valence-corrected chi connectivity index (χ4v) is 9.39. The molecular formula is C45H54N8O9. The van der Waals surface area contributed by atoms with Crippen LogP contribution in [0.25, 0.3) is 44.2 Å². The first-order chi connectivity index (χ1) is 30.0. The van der Waals surface area contributed by atoms with Gasteiger partial charge in [0.15, 0.2) is 6.29 Å². The molecular weight excluding hydrogens is 797 g/mol. The van der Waals surface area contributed by atoms with Crippen molar-refractivity contribution in [1.82, 2.24) is 40.4 Å².